The number of rotatable bonds is 3. The van der Waals surface area contributed by atoms with Crippen molar-refractivity contribution in [1.82, 2.24) is 14.3 Å². The quantitative estimate of drug-likeness (QED) is 0.934. The van der Waals surface area contributed by atoms with E-state index in [0.29, 0.717) is 6.54 Å². The third-order valence-corrected chi connectivity index (χ3v) is 4.36. The summed E-state index contributed by atoms with van der Waals surface area (Å²) in [5, 5.41) is 4.44. The number of nitrogens with two attached hydrogens (primary N) is 1. The van der Waals surface area contributed by atoms with Gasteiger partial charge in [0.1, 0.15) is 5.82 Å². The summed E-state index contributed by atoms with van der Waals surface area (Å²) in [6, 6.07) is 6.00. The minimum Gasteiger partial charge on any atom is -0.322 e. The number of aryl methyl sites for hydroxylation is 3. The highest BCUT2D eigenvalue weighted by Gasteiger charge is 2.18. The van der Waals surface area contributed by atoms with Crippen LogP contribution >= 0.6 is 0 Å². The summed E-state index contributed by atoms with van der Waals surface area (Å²) in [6.07, 6.45) is 3.06. The van der Waals surface area contributed by atoms with Crippen LogP contribution in [0.2, 0.25) is 0 Å². The van der Waals surface area contributed by atoms with Crippen LogP contribution in [-0.2, 0) is 19.5 Å². The Bertz CT molecular complexity index is 714. The van der Waals surface area contributed by atoms with Gasteiger partial charge in [-0.25, -0.2) is 9.48 Å². The van der Waals surface area contributed by atoms with Gasteiger partial charge in [0.05, 0.1) is 6.54 Å². The van der Waals surface area contributed by atoms with E-state index in [0.717, 1.165) is 37.2 Å². The first-order valence-corrected chi connectivity index (χ1v) is 7.55. The zero-order valence-corrected chi connectivity index (χ0v) is 12.7. The molecule has 2 aromatic rings. The fraction of sp³-hybridized carbons (Fsp3) is 0.500. The van der Waals surface area contributed by atoms with Gasteiger partial charge in [-0.05, 0) is 43.4 Å². The number of hydrogen-bond donors (Lipinski definition) is 1. The predicted octanol–water partition coefficient (Wildman–Crippen LogP) is 1.70. The maximum Gasteiger partial charge on any atom is 0.345 e. The molecule has 1 aliphatic heterocycles. The van der Waals surface area contributed by atoms with E-state index in [1.54, 1.807) is 4.57 Å². The Morgan fingerprint density at radius 3 is 2.81 bits per heavy atom. The fourth-order valence-electron chi connectivity index (χ4n) is 2.85. The average Bonchev–Trinajstić information content (AvgIpc) is 2.79. The molecule has 21 heavy (non-hydrogen) atoms. The first-order chi connectivity index (χ1) is 10.1. The predicted molar refractivity (Wildman–Crippen MR) is 82.3 cm³/mol. The van der Waals surface area contributed by atoms with E-state index in [1.165, 1.54) is 15.8 Å². The first-order valence-electron chi connectivity index (χ1n) is 7.55. The summed E-state index contributed by atoms with van der Waals surface area (Å²) in [6.45, 7) is 5.38. The van der Waals surface area contributed by atoms with E-state index < -0.39 is 0 Å². The Kier molecular flexibility index (Phi) is 3.68. The number of nitrogens with zero attached hydrogens (tertiary/aromatic N) is 3. The molecule has 0 saturated heterocycles. The van der Waals surface area contributed by atoms with Gasteiger partial charge < -0.3 is 5.73 Å². The van der Waals surface area contributed by atoms with E-state index in [2.05, 4.69) is 31.1 Å². The van der Waals surface area contributed by atoms with Crippen LogP contribution in [0.25, 0.3) is 0 Å². The molecular weight excluding hydrogens is 264 g/mol. The molecule has 1 atom stereocenters. The SMILES string of the molecule is Cc1ccc(C(N)Cn2nc3n(c2=O)CCCC3)cc1C. The van der Waals surface area contributed by atoms with Crippen molar-refractivity contribution < 1.29 is 0 Å². The van der Waals surface area contributed by atoms with Crippen LogP contribution < -0.4 is 11.4 Å². The standard InChI is InChI=1S/C16H22N4O/c1-11-6-7-13(9-12(11)2)14(17)10-20-16(21)19-8-4-3-5-15(19)18-20/h6-7,9,14H,3-5,8,10,17H2,1-2H3. The van der Waals surface area contributed by atoms with Crippen molar-refractivity contribution in [3.8, 4) is 0 Å². The Morgan fingerprint density at radius 2 is 2.10 bits per heavy atom. The summed E-state index contributed by atoms with van der Waals surface area (Å²) in [7, 11) is 0. The molecule has 2 N–H and O–H groups in total. The van der Waals surface area contributed by atoms with Gasteiger partial charge in [-0.2, -0.15) is 5.10 Å². The van der Waals surface area contributed by atoms with Crippen molar-refractivity contribution in [2.24, 2.45) is 5.73 Å². The van der Waals surface area contributed by atoms with E-state index >= 15 is 0 Å². The smallest absolute Gasteiger partial charge is 0.322 e. The molecule has 2 heterocycles. The Morgan fingerprint density at radius 1 is 1.29 bits per heavy atom. The lowest BCUT2D eigenvalue weighted by Crippen LogP contribution is -2.30. The largest absolute Gasteiger partial charge is 0.345 e. The molecule has 1 unspecified atom stereocenters. The van der Waals surface area contributed by atoms with Crippen molar-refractivity contribution >= 4 is 0 Å². The number of aromatic nitrogens is 3. The summed E-state index contributed by atoms with van der Waals surface area (Å²) in [5.41, 5.74) is 9.76. The van der Waals surface area contributed by atoms with Crippen molar-refractivity contribution in [3.63, 3.8) is 0 Å². The molecule has 5 nitrogen and oxygen atoms in total. The maximum atomic E-state index is 12.3. The molecule has 0 spiro atoms. The normalized spacial score (nSPS) is 15.8. The minimum atomic E-state index is -0.209. The molecule has 1 aliphatic rings. The third kappa shape index (κ3) is 2.65. The van der Waals surface area contributed by atoms with E-state index in [1.807, 2.05) is 6.07 Å². The molecule has 112 valence electrons. The van der Waals surface area contributed by atoms with Gasteiger partial charge in [0.25, 0.3) is 0 Å². The molecule has 0 aliphatic carbocycles. The van der Waals surface area contributed by atoms with Gasteiger partial charge in [-0.1, -0.05) is 18.2 Å². The van der Waals surface area contributed by atoms with Crippen molar-refractivity contribution in [3.05, 3.63) is 51.2 Å². The highest BCUT2D eigenvalue weighted by Crippen LogP contribution is 2.17. The molecule has 0 radical (unpaired) electrons. The molecule has 5 heteroatoms. The van der Waals surface area contributed by atoms with Gasteiger partial charge in [0.2, 0.25) is 0 Å². The number of fused-ring (bicyclic) bond motifs is 1. The second kappa shape index (κ2) is 5.48. The van der Waals surface area contributed by atoms with Crippen molar-refractivity contribution in [2.75, 3.05) is 0 Å². The summed E-state index contributed by atoms with van der Waals surface area (Å²) in [5.74, 6) is 0.901. The van der Waals surface area contributed by atoms with E-state index in [9.17, 15) is 4.79 Å². The van der Waals surface area contributed by atoms with E-state index in [4.69, 9.17) is 5.73 Å². The highest BCUT2D eigenvalue weighted by atomic mass is 16.2. The molecule has 0 amide bonds. The number of benzene rings is 1. The zero-order valence-electron chi connectivity index (χ0n) is 12.7. The van der Waals surface area contributed by atoms with Crippen molar-refractivity contribution in [2.45, 2.75) is 52.2 Å². The Labute approximate surface area is 124 Å². The van der Waals surface area contributed by atoms with Crippen LogP contribution in [0.1, 0.15) is 41.4 Å². The molecule has 0 fully saturated rings. The lowest BCUT2D eigenvalue weighted by molar-refractivity contribution is 0.498. The molecule has 1 aromatic carbocycles. The van der Waals surface area contributed by atoms with Crippen LogP contribution in [0.15, 0.2) is 23.0 Å². The average molecular weight is 286 g/mol. The third-order valence-electron chi connectivity index (χ3n) is 4.36. The van der Waals surface area contributed by atoms with Crippen molar-refractivity contribution in [1.29, 1.82) is 0 Å². The van der Waals surface area contributed by atoms with Crippen LogP contribution in [0.5, 0.6) is 0 Å². The lowest BCUT2D eigenvalue weighted by Gasteiger charge is -2.13. The zero-order chi connectivity index (χ0) is 15.0. The minimum absolute atomic E-state index is 0.0241. The second-order valence-electron chi connectivity index (χ2n) is 5.94. The summed E-state index contributed by atoms with van der Waals surface area (Å²) >= 11 is 0. The Hall–Kier alpha value is -1.88. The lowest BCUT2D eigenvalue weighted by atomic mass is 10.0. The summed E-state index contributed by atoms with van der Waals surface area (Å²) < 4.78 is 3.32. The molecule has 1 aromatic heterocycles. The van der Waals surface area contributed by atoms with Gasteiger partial charge in [0.15, 0.2) is 0 Å². The molecule has 0 bridgehead atoms. The molecule has 0 saturated carbocycles. The fourth-order valence-corrected chi connectivity index (χ4v) is 2.85. The van der Waals surface area contributed by atoms with Gasteiger partial charge in [0, 0.05) is 19.0 Å². The molecule has 3 rings (SSSR count). The topological polar surface area (TPSA) is 65.8 Å². The Balaban J connectivity index is 1.84. The summed E-state index contributed by atoms with van der Waals surface area (Å²) in [4.78, 5) is 12.3. The second-order valence-corrected chi connectivity index (χ2v) is 5.94. The highest BCUT2D eigenvalue weighted by molar-refractivity contribution is 5.31. The van der Waals surface area contributed by atoms with E-state index in [-0.39, 0.29) is 11.7 Å². The van der Waals surface area contributed by atoms with Gasteiger partial charge in [-0.3, -0.25) is 4.57 Å². The molecular formula is C16H22N4O. The first kappa shape index (κ1) is 14.1. The number of hydrogen-bond acceptors (Lipinski definition) is 3. The van der Waals surface area contributed by atoms with Crippen LogP contribution in [-0.4, -0.2) is 14.3 Å². The van der Waals surface area contributed by atoms with Gasteiger partial charge in [-0.15, -0.1) is 0 Å². The van der Waals surface area contributed by atoms with Crippen LogP contribution in [0.4, 0.5) is 0 Å². The van der Waals surface area contributed by atoms with Crippen LogP contribution in [0.3, 0.4) is 0 Å². The maximum absolute atomic E-state index is 12.3. The van der Waals surface area contributed by atoms with Crippen LogP contribution in [0, 0.1) is 13.8 Å². The monoisotopic (exact) mass is 286 g/mol. The van der Waals surface area contributed by atoms with Gasteiger partial charge >= 0.3 is 5.69 Å².